The van der Waals surface area contributed by atoms with Gasteiger partial charge in [0.2, 0.25) is 0 Å². The van der Waals surface area contributed by atoms with E-state index in [-0.39, 0.29) is 18.3 Å². The van der Waals surface area contributed by atoms with Gasteiger partial charge < -0.3 is 9.73 Å². The van der Waals surface area contributed by atoms with Gasteiger partial charge >= 0.3 is 0 Å². The fourth-order valence-corrected chi connectivity index (χ4v) is 2.87. The Labute approximate surface area is 166 Å². The van der Waals surface area contributed by atoms with Gasteiger partial charge in [-0.2, -0.15) is 5.10 Å². The molecule has 0 bridgehead atoms. The number of carbonyl (C=O) groups excluding carboxylic acids is 1. The van der Waals surface area contributed by atoms with E-state index in [1.54, 1.807) is 31.3 Å². The summed E-state index contributed by atoms with van der Waals surface area (Å²) in [5, 5.41) is 7.07. The van der Waals surface area contributed by atoms with Crippen molar-refractivity contribution in [2.24, 2.45) is 0 Å². The number of halogens is 1. The van der Waals surface area contributed by atoms with Crippen molar-refractivity contribution in [3.63, 3.8) is 0 Å². The maximum absolute atomic E-state index is 13.0. The molecule has 1 N–H and O–H groups in total. The van der Waals surface area contributed by atoms with E-state index in [1.165, 1.54) is 23.0 Å². The van der Waals surface area contributed by atoms with Gasteiger partial charge in [-0.25, -0.2) is 19.0 Å². The minimum absolute atomic E-state index is 0.282. The zero-order chi connectivity index (χ0) is 20.4. The number of nitrogens with one attached hydrogen (secondary N) is 1. The summed E-state index contributed by atoms with van der Waals surface area (Å²) in [6, 6.07) is 11.4. The highest BCUT2D eigenvalue weighted by molar-refractivity contribution is 5.95. The van der Waals surface area contributed by atoms with Crippen molar-refractivity contribution in [1.82, 2.24) is 25.1 Å². The minimum Gasteiger partial charge on any atom is -0.460 e. The fourth-order valence-electron chi connectivity index (χ4n) is 2.87. The summed E-state index contributed by atoms with van der Waals surface area (Å²) in [6.45, 7) is 3.92. The van der Waals surface area contributed by atoms with Crippen LogP contribution in [0.15, 0.2) is 59.3 Å². The summed E-state index contributed by atoms with van der Waals surface area (Å²) in [4.78, 5) is 21.3. The Morgan fingerprint density at radius 3 is 2.66 bits per heavy atom. The smallest absolute Gasteiger partial charge is 0.255 e. The normalized spacial score (nSPS) is 10.9. The first-order valence-electron chi connectivity index (χ1n) is 8.99. The van der Waals surface area contributed by atoms with Gasteiger partial charge in [-0.15, -0.1) is 0 Å². The molecule has 0 spiro atoms. The number of hydrogen-bond donors (Lipinski definition) is 1. The highest BCUT2D eigenvalue weighted by Crippen LogP contribution is 2.20. The van der Waals surface area contributed by atoms with Gasteiger partial charge in [-0.1, -0.05) is 12.1 Å². The van der Waals surface area contributed by atoms with E-state index in [0.29, 0.717) is 28.7 Å². The van der Waals surface area contributed by atoms with Gasteiger partial charge in [0, 0.05) is 12.7 Å². The summed E-state index contributed by atoms with van der Waals surface area (Å²) >= 11 is 0. The molecule has 8 heteroatoms. The van der Waals surface area contributed by atoms with Crippen molar-refractivity contribution in [3.8, 4) is 17.4 Å². The molecule has 146 valence electrons. The van der Waals surface area contributed by atoms with E-state index in [9.17, 15) is 9.18 Å². The van der Waals surface area contributed by atoms with Crippen molar-refractivity contribution in [1.29, 1.82) is 0 Å². The highest BCUT2D eigenvalue weighted by Gasteiger charge is 2.17. The van der Waals surface area contributed by atoms with Gasteiger partial charge in [0.15, 0.2) is 5.76 Å². The molecule has 0 aliphatic rings. The van der Waals surface area contributed by atoms with Crippen LogP contribution in [0.3, 0.4) is 0 Å². The molecule has 0 saturated heterocycles. The lowest BCUT2D eigenvalue weighted by molar-refractivity contribution is 0.0950. The van der Waals surface area contributed by atoms with E-state index < -0.39 is 0 Å². The Morgan fingerprint density at radius 1 is 1.14 bits per heavy atom. The van der Waals surface area contributed by atoms with Gasteiger partial charge in [0.25, 0.3) is 11.9 Å². The molecule has 4 rings (SSSR count). The molecule has 7 nitrogen and oxygen atoms in total. The summed E-state index contributed by atoms with van der Waals surface area (Å²) in [5.41, 5.74) is 2.44. The van der Waals surface area contributed by atoms with Crippen LogP contribution in [-0.4, -0.2) is 25.7 Å². The number of aromatic nitrogens is 4. The molecule has 3 heterocycles. The molecule has 3 aromatic heterocycles. The molecule has 4 aromatic rings. The summed E-state index contributed by atoms with van der Waals surface area (Å²) in [6.07, 6.45) is 3.09. The van der Waals surface area contributed by atoms with Crippen LogP contribution in [0.5, 0.6) is 0 Å². The number of benzene rings is 1. The Balaban J connectivity index is 1.54. The first-order chi connectivity index (χ1) is 14.0. The topological polar surface area (TPSA) is 85.8 Å². The van der Waals surface area contributed by atoms with Crippen LogP contribution in [0, 0.1) is 19.7 Å². The van der Waals surface area contributed by atoms with E-state index >= 15 is 0 Å². The molecule has 0 fully saturated rings. The largest absolute Gasteiger partial charge is 0.460 e. The Kier molecular flexibility index (Phi) is 4.90. The first kappa shape index (κ1) is 18.5. The lowest BCUT2D eigenvalue weighted by Gasteiger charge is -2.06. The quantitative estimate of drug-likeness (QED) is 0.562. The van der Waals surface area contributed by atoms with Crippen LogP contribution in [0.1, 0.15) is 27.4 Å². The van der Waals surface area contributed by atoms with Gasteiger partial charge in [0.05, 0.1) is 17.5 Å². The lowest BCUT2D eigenvalue weighted by Crippen LogP contribution is -2.23. The van der Waals surface area contributed by atoms with Crippen molar-refractivity contribution >= 4 is 5.91 Å². The van der Waals surface area contributed by atoms with Crippen molar-refractivity contribution in [2.45, 2.75) is 20.4 Å². The SMILES string of the molecule is Cc1ccc(-c2ccnc(-n3ncc(C(=O)NCc4ccc(F)cc4)c3C)n2)o1. The Bertz CT molecular complexity index is 1160. The molecule has 29 heavy (non-hydrogen) atoms. The second-order valence-corrected chi connectivity index (χ2v) is 6.52. The molecule has 0 saturated carbocycles. The van der Waals surface area contributed by atoms with E-state index in [2.05, 4.69) is 20.4 Å². The van der Waals surface area contributed by atoms with Crippen LogP contribution in [0.2, 0.25) is 0 Å². The lowest BCUT2D eigenvalue weighted by atomic mass is 10.2. The van der Waals surface area contributed by atoms with Crippen LogP contribution in [0.4, 0.5) is 4.39 Å². The molecule has 0 aliphatic heterocycles. The maximum Gasteiger partial charge on any atom is 0.255 e. The predicted octanol–water partition coefficient (Wildman–Crippen LogP) is 3.61. The monoisotopic (exact) mass is 391 g/mol. The molecule has 1 amide bonds. The molecular formula is C21H18FN5O2. The number of nitrogens with zero attached hydrogens (tertiary/aromatic N) is 4. The van der Waals surface area contributed by atoms with Crippen molar-refractivity contribution in [2.75, 3.05) is 0 Å². The average Bonchev–Trinajstić information content (AvgIpc) is 3.33. The van der Waals surface area contributed by atoms with E-state index in [1.807, 2.05) is 19.1 Å². The predicted molar refractivity (Wildman–Crippen MR) is 104 cm³/mol. The number of hydrogen-bond acceptors (Lipinski definition) is 5. The molecule has 0 aliphatic carbocycles. The highest BCUT2D eigenvalue weighted by atomic mass is 19.1. The van der Waals surface area contributed by atoms with Crippen LogP contribution >= 0.6 is 0 Å². The first-order valence-corrected chi connectivity index (χ1v) is 8.99. The van der Waals surface area contributed by atoms with Gasteiger partial charge in [0.1, 0.15) is 17.3 Å². The zero-order valence-electron chi connectivity index (χ0n) is 15.9. The summed E-state index contributed by atoms with van der Waals surface area (Å²) < 4.78 is 20.1. The molecule has 1 aromatic carbocycles. The molecular weight excluding hydrogens is 373 g/mol. The third-order valence-electron chi connectivity index (χ3n) is 4.45. The number of amides is 1. The summed E-state index contributed by atoms with van der Waals surface area (Å²) in [5.74, 6) is 1.16. The third-order valence-corrected chi connectivity index (χ3v) is 4.45. The number of furan rings is 1. The second-order valence-electron chi connectivity index (χ2n) is 6.52. The number of aryl methyl sites for hydroxylation is 1. The maximum atomic E-state index is 13.0. The Hall–Kier alpha value is -3.81. The van der Waals surface area contributed by atoms with Gasteiger partial charge in [-0.3, -0.25) is 4.79 Å². The molecule has 0 atom stereocenters. The van der Waals surface area contributed by atoms with Crippen LogP contribution < -0.4 is 5.32 Å². The fraction of sp³-hybridized carbons (Fsp3) is 0.143. The Morgan fingerprint density at radius 2 is 1.93 bits per heavy atom. The van der Waals surface area contributed by atoms with Crippen LogP contribution in [0.25, 0.3) is 17.4 Å². The van der Waals surface area contributed by atoms with Crippen molar-refractivity contribution in [3.05, 3.63) is 83.3 Å². The zero-order valence-corrected chi connectivity index (χ0v) is 15.9. The number of rotatable bonds is 5. The molecule has 0 radical (unpaired) electrons. The summed E-state index contributed by atoms with van der Waals surface area (Å²) in [7, 11) is 0. The molecule has 0 unspecified atom stereocenters. The third kappa shape index (κ3) is 3.91. The number of carbonyl (C=O) groups is 1. The average molecular weight is 391 g/mol. The minimum atomic E-state index is -0.316. The van der Waals surface area contributed by atoms with Crippen LogP contribution in [-0.2, 0) is 6.54 Å². The van der Waals surface area contributed by atoms with E-state index in [4.69, 9.17) is 4.42 Å². The standard InChI is InChI=1S/C21H18FN5O2/c1-13-3-8-19(29-13)18-9-10-23-21(26-18)27-14(2)17(12-25-27)20(28)24-11-15-4-6-16(22)7-5-15/h3-10,12H,11H2,1-2H3,(H,24,28). The van der Waals surface area contributed by atoms with E-state index in [0.717, 1.165) is 11.3 Å². The van der Waals surface area contributed by atoms with Gasteiger partial charge in [-0.05, 0) is 49.7 Å². The van der Waals surface area contributed by atoms with Crippen molar-refractivity contribution < 1.29 is 13.6 Å². The second kappa shape index (κ2) is 7.67.